The van der Waals surface area contributed by atoms with E-state index in [-0.39, 0.29) is 23.0 Å². The third-order valence-corrected chi connectivity index (χ3v) is 5.41. The van der Waals surface area contributed by atoms with Gasteiger partial charge in [-0.3, -0.25) is 14.2 Å². The lowest BCUT2D eigenvalue weighted by Crippen LogP contribution is -2.47. The molecule has 1 unspecified atom stereocenters. The van der Waals surface area contributed by atoms with E-state index in [2.05, 4.69) is 4.98 Å². The van der Waals surface area contributed by atoms with Crippen LogP contribution >= 0.6 is 0 Å². The van der Waals surface area contributed by atoms with Gasteiger partial charge in [0.2, 0.25) is 0 Å². The average molecular weight is 408 g/mol. The molecule has 0 radical (unpaired) electrons. The number of pyridine rings is 1. The lowest BCUT2D eigenvalue weighted by molar-refractivity contribution is 0.0694. The molecule has 0 aliphatic carbocycles. The van der Waals surface area contributed by atoms with Gasteiger partial charge in [0.1, 0.15) is 6.67 Å². The van der Waals surface area contributed by atoms with E-state index < -0.39 is 23.8 Å². The standard InChI is InChI=1S/C21H31F2N5O/c1-5-7-13(24)16-14(25)8-9-28(15(16)6-2)20(29)12-10-27-19(17(23)18(12)26)21(3,4)11-22/h10,15,24H,5-9,11,25H2,1-4H3,(H2,26,27). The first-order valence-corrected chi connectivity index (χ1v) is 9.98. The number of nitrogens with zero attached hydrogens (tertiary/aromatic N) is 2. The summed E-state index contributed by atoms with van der Waals surface area (Å²) in [6.45, 7) is 6.49. The van der Waals surface area contributed by atoms with Crippen molar-refractivity contribution in [2.45, 2.75) is 64.8 Å². The van der Waals surface area contributed by atoms with Crippen LogP contribution in [0.25, 0.3) is 0 Å². The van der Waals surface area contributed by atoms with Crippen molar-refractivity contribution in [1.82, 2.24) is 9.88 Å². The summed E-state index contributed by atoms with van der Waals surface area (Å²) in [7, 11) is 0. The Kier molecular flexibility index (Phi) is 6.97. The Bertz CT molecular complexity index is 835. The minimum absolute atomic E-state index is 0.0544. The molecule has 2 heterocycles. The molecule has 1 aromatic rings. The number of hydrogen-bond donors (Lipinski definition) is 3. The molecule has 1 atom stereocenters. The summed E-state index contributed by atoms with van der Waals surface area (Å²) in [5.74, 6) is -1.32. The van der Waals surface area contributed by atoms with Crippen LogP contribution in [0, 0.1) is 11.2 Å². The van der Waals surface area contributed by atoms with Crippen molar-refractivity contribution in [3.8, 4) is 0 Å². The van der Waals surface area contributed by atoms with Crippen molar-refractivity contribution in [1.29, 1.82) is 5.41 Å². The highest BCUT2D eigenvalue weighted by Crippen LogP contribution is 2.32. The van der Waals surface area contributed by atoms with E-state index in [0.717, 1.165) is 6.42 Å². The maximum Gasteiger partial charge on any atom is 0.258 e. The van der Waals surface area contributed by atoms with Crippen molar-refractivity contribution < 1.29 is 13.6 Å². The first kappa shape index (κ1) is 22.8. The van der Waals surface area contributed by atoms with Gasteiger partial charge in [0, 0.05) is 41.6 Å². The zero-order valence-electron chi connectivity index (χ0n) is 17.6. The highest BCUT2D eigenvalue weighted by atomic mass is 19.1. The Morgan fingerprint density at radius 2 is 2.03 bits per heavy atom. The summed E-state index contributed by atoms with van der Waals surface area (Å²) in [4.78, 5) is 18.8. The fourth-order valence-electron chi connectivity index (χ4n) is 3.71. The number of aromatic nitrogens is 1. The molecule has 0 bridgehead atoms. The highest BCUT2D eigenvalue weighted by molar-refractivity contribution is 6.03. The van der Waals surface area contributed by atoms with Crippen molar-refractivity contribution in [3.05, 3.63) is 34.5 Å². The molecule has 6 nitrogen and oxygen atoms in total. The van der Waals surface area contributed by atoms with Crippen molar-refractivity contribution >= 4 is 17.3 Å². The number of alkyl halides is 1. The van der Waals surface area contributed by atoms with Crippen LogP contribution in [0.1, 0.15) is 69.4 Å². The van der Waals surface area contributed by atoms with E-state index >= 15 is 0 Å². The zero-order valence-corrected chi connectivity index (χ0v) is 17.6. The predicted octanol–water partition coefficient (Wildman–Crippen LogP) is 3.71. The molecule has 2 rings (SSSR count). The first-order valence-electron chi connectivity index (χ1n) is 9.98. The Hall–Kier alpha value is -2.51. The van der Waals surface area contributed by atoms with Gasteiger partial charge >= 0.3 is 0 Å². The summed E-state index contributed by atoms with van der Waals surface area (Å²) in [5, 5.41) is 8.37. The molecule has 1 aromatic heterocycles. The Labute approximate surface area is 170 Å². The SMILES string of the molecule is CCCC(=N)C1=C(N)CCN(C(=O)c2cnc(C(C)(C)CF)c(F)c2N)C1CC. The first-order chi connectivity index (χ1) is 13.6. The summed E-state index contributed by atoms with van der Waals surface area (Å²) in [5.41, 5.74) is 12.2. The fraction of sp³-hybridized carbons (Fsp3) is 0.571. The number of hydrogen-bond acceptors (Lipinski definition) is 5. The number of carbonyl (C=O) groups excluding carboxylic acids is 1. The minimum atomic E-state index is -1.14. The van der Waals surface area contributed by atoms with Gasteiger partial charge in [-0.2, -0.15) is 0 Å². The lowest BCUT2D eigenvalue weighted by Gasteiger charge is -2.38. The number of rotatable bonds is 7. The van der Waals surface area contributed by atoms with Crippen LogP contribution in [0.15, 0.2) is 17.5 Å². The van der Waals surface area contributed by atoms with Gasteiger partial charge in [-0.25, -0.2) is 4.39 Å². The number of amides is 1. The normalized spacial score (nSPS) is 17.6. The van der Waals surface area contributed by atoms with Gasteiger partial charge in [-0.1, -0.05) is 34.1 Å². The third-order valence-electron chi connectivity index (χ3n) is 5.41. The topological polar surface area (TPSA) is 109 Å². The van der Waals surface area contributed by atoms with Crippen molar-refractivity contribution in [2.75, 3.05) is 19.0 Å². The molecule has 160 valence electrons. The second-order valence-corrected chi connectivity index (χ2v) is 8.11. The number of nitrogens with two attached hydrogens (primary N) is 2. The quantitative estimate of drug-likeness (QED) is 0.599. The van der Waals surface area contributed by atoms with Crippen LogP contribution in [0.3, 0.4) is 0 Å². The summed E-state index contributed by atoms with van der Waals surface area (Å²) in [6.07, 6.45) is 3.59. The van der Waals surface area contributed by atoms with E-state index in [4.69, 9.17) is 16.9 Å². The van der Waals surface area contributed by atoms with Crippen LogP contribution < -0.4 is 11.5 Å². The van der Waals surface area contributed by atoms with Gasteiger partial charge in [0.25, 0.3) is 5.91 Å². The van der Waals surface area contributed by atoms with Crippen LogP contribution in [-0.2, 0) is 5.41 Å². The smallest absolute Gasteiger partial charge is 0.258 e. The Balaban J connectivity index is 2.44. The average Bonchev–Trinajstić information content (AvgIpc) is 2.68. The van der Waals surface area contributed by atoms with E-state index in [0.29, 0.717) is 42.8 Å². The maximum absolute atomic E-state index is 14.8. The number of halogens is 2. The van der Waals surface area contributed by atoms with Crippen LogP contribution in [-0.4, -0.2) is 40.8 Å². The molecule has 1 aliphatic rings. The molecule has 5 N–H and O–H groups in total. The maximum atomic E-state index is 14.8. The molecule has 0 saturated carbocycles. The third kappa shape index (κ3) is 4.26. The summed E-state index contributed by atoms with van der Waals surface area (Å²) >= 11 is 0. The van der Waals surface area contributed by atoms with E-state index in [9.17, 15) is 13.6 Å². The molecular formula is C21H31F2N5O. The number of anilines is 1. The lowest BCUT2D eigenvalue weighted by atomic mass is 9.88. The Morgan fingerprint density at radius 3 is 2.59 bits per heavy atom. The molecule has 0 fully saturated rings. The molecule has 0 aromatic carbocycles. The molecule has 8 heteroatoms. The zero-order chi connectivity index (χ0) is 21.9. The van der Waals surface area contributed by atoms with Gasteiger partial charge in [0.05, 0.1) is 23.0 Å². The van der Waals surface area contributed by atoms with Crippen LogP contribution in [0.5, 0.6) is 0 Å². The second-order valence-electron chi connectivity index (χ2n) is 8.11. The second kappa shape index (κ2) is 8.88. The van der Waals surface area contributed by atoms with E-state index in [1.165, 1.54) is 20.0 Å². The predicted molar refractivity (Wildman–Crippen MR) is 111 cm³/mol. The molecule has 0 saturated heterocycles. The van der Waals surface area contributed by atoms with Gasteiger partial charge < -0.3 is 21.8 Å². The van der Waals surface area contributed by atoms with Crippen LogP contribution in [0.2, 0.25) is 0 Å². The molecule has 1 aliphatic heterocycles. The van der Waals surface area contributed by atoms with Crippen molar-refractivity contribution in [2.24, 2.45) is 5.73 Å². The van der Waals surface area contributed by atoms with Gasteiger partial charge in [0.15, 0.2) is 5.82 Å². The van der Waals surface area contributed by atoms with E-state index in [1.54, 1.807) is 4.90 Å². The van der Waals surface area contributed by atoms with Gasteiger partial charge in [-0.15, -0.1) is 0 Å². The number of nitrogens with one attached hydrogen (secondary N) is 1. The Morgan fingerprint density at radius 1 is 1.38 bits per heavy atom. The molecule has 29 heavy (non-hydrogen) atoms. The largest absolute Gasteiger partial charge is 0.402 e. The summed E-state index contributed by atoms with van der Waals surface area (Å²) in [6, 6.07) is -0.375. The monoisotopic (exact) mass is 407 g/mol. The van der Waals surface area contributed by atoms with Gasteiger partial charge in [-0.05, 0) is 12.8 Å². The fourth-order valence-corrected chi connectivity index (χ4v) is 3.71. The minimum Gasteiger partial charge on any atom is -0.402 e. The molecule has 1 amide bonds. The van der Waals surface area contributed by atoms with Crippen molar-refractivity contribution in [3.63, 3.8) is 0 Å². The highest BCUT2D eigenvalue weighted by Gasteiger charge is 2.35. The van der Waals surface area contributed by atoms with Crippen LogP contribution in [0.4, 0.5) is 14.5 Å². The van der Waals surface area contributed by atoms with E-state index in [1.807, 2.05) is 13.8 Å². The number of carbonyl (C=O) groups is 1. The molecular weight excluding hydrogens is 376 g/mol. The summed E-state index contributed by atoms with van der Waals surface area (Å²) < 4.78 is 28.1. The molecule has 0 spiro atoms. The number of nitrogen functional groups attached to an aromatic ring is 1.